The lowest BCUT2D eigenvalue weighted by Crippen LogP contribution is -2.07. The van der Waals surface area contributed by atoms with Gasteiger partial charge in [-0.1, -0.05) is 6.07 Å². The number of esters is 1. The summed E-state index contributed by atoms with van der Waals surface area (Å²) in [4.78, 5) is 16.0. The normalized spacial score (nSPS) is 10.9. The molecule has 0 saturated carbocycles. The van der Waals surface area contributed by atoms with Gasteiger partial charge in [0.15, 0.2) is 23.1 Å². The third-order valence-corrected chi connectivity index (χ3v) is 4.14. The topological polar surface area (TPSA) is 70.8 Å². The average Bonchev–Trinajstić information content (AvgIpc) is 3.19. The van der Waals surface area contributed by atoms with Crippen molar-refractivity contribution < 1.29 is 41.0 Å². The second-order valence-electron chi connectivity index (χ2n) is 6.27. The van der Waals surface area contributed by atoms with Crippen LogP contribution in [0.3, 0.4) is 0 Å². The minimum Gasteiger partial charge on any atom is -0.493 e. The Kier molecular flexibility index (Phi) is 7.11. The largest absolute Gasteiger partial charge is 0.493 e. The Labute approximate surface area is 174 Å². The van der Waals surface area contributed by atoms with Crippen molar-refractivity contribution >= 4 is 5.97 Å². The molecule has 0 N–H and O–H groups in total. The molecule has 0 amide bonds. The summed E-state index contributed by atoms with van der Waals surface area (Å²) in [6.07, 6.45) is 1.33. The zero-order valence-electron chi connectivity index (χ0n) is 16.2. The van der Waals surface area contributed by atoms with Crippen molar-refractivity contribution in [1.29, 1.82) is 0 Å². The smallest absolute Gasteiger partial charge is 0.387 e. The second kappa shape index (κ2) is 9.96. The number of benzene rings is 2. The maximum atomic E-state index is 13.8. The fraction of sp³-hybridized carbons (Fsp3) is 0.238. The number of carbonyl (C=O) groups is 1. The second-order valence-corrected chi connectivity index (χ2v) is 6.27. The minimum absolute atomic E-state index is 0.0518. The summed E-state index contributed by atoms with van der Waals surface area (Å²) < 4.78 is 71.4. The number of nitrogens with zero attached hydrogens (tertiary/aromatic N) is 1. The maximum absolute atomic E-state index is 13.8. The molecule has 10 heteroatoms. The van der Waals surface area contributed by atoms with Gasteiger partial charge >= 0.3 is 12.6 Å². The van der Waals surface area contributed by atoms with E-state index < -0.39 is 24.2 Å². The van der Waals surface area contributed by atoms with Crippen molar-refractivity contribution in [3.8, 4) is 22.8 Å². The molecule has 1 heterocycles. The Morgan fingerprint density at radius 2 is 1.94 bits per heavy atom. The number of ether oxygens (including phenoxy) is 3. The van der Waals surface area contributed by atoms with Crippen LogP contribution in [0.15, 0.2) is 47.0 Å². The molecule has 31 heavy (non-hydrogen) atoms. The molecule has 0 unspecified atom stereocenters. The molecule has 0 saturated heterocycles. The summed E-state index contributed by atoms with van der Waals surface area (Å²) in [5.41, 5.74) is 0.563. The van der Waals surface area contributed by atoms with Gasteiger partial charge in [0.2, 0.25) is 0 Å². The maximum Gasteiger partial charge on any atom is 0.387 e. The zero-order valence-corrected chi connectivity index (χ0v) is 16.2. The van der Waals surface area contributed by atoms with E-state index in [4.69, 9.17) is 13.9 Å². The number of halogens is 4. The number of rotatable bonds is 9. The molecule has 0 bridgehead atoms. The number of aryl methyl sites for hydroxylation is 1. The number of methoxy groups -OCH3 is 1. The van der Waals surface area contributed by atoms with Crippen LogP contribution in [-0.2, 0) is 22.6 Å². The predicted octanol–water partition coefficient (Wildman–Crippen LogP) is 4.91. The highest BCUT2D eigenvalue weighted by molar-refractivity contribution is 5.69. The first kappa shape index (κ1) is 22.1. The molecule has 2 aromatic carbocycles. The van der Waals surface area contributed by atoms with E-state index in [1.165, 1.54) is 37.6 Å². The van der Waals surface area contributed by atoms with Gasteiger partial charge in [-0.25, -0.2) is 13.8 Å². The molecule has 6 nitrogen and oxygen atoms in total. The Morgan fingerprint density at radius 3 is 2.65 bits per heavy atom. The number of hydrogen-bond acceptors (Lipinski definition) is 6. The van der Waals surface area contributed by atoms with E-state index in [0.717, 1.165) is 12.1 Å². The van der Waals surface area contributed by atoms with Crippen molar-refractivity contribution in [3.05, 3.63) is 65.7 Å². The van der Waals surface area contributed by atoms with Crippen molar-refractivity contribution in [2.45, 2.75) is 26.1 Å². The van der Waals surface area contributed by atoms with E-state index in [1.54, 1.807) is 0 Å². The van der Waals surface area contributed by atoms with Gasteiger partial charge in [0.1, 0.15) is 18.2 Å². The molecule has 1 aromatic heterocycles. The Bertz CT molecular complexity index is 1050. The van der Waals surface area contributed by atoms with Gasteiger partial charge in [0.05, 0.1) is 25.3 Å². The Balaban J connectivity index is 1.52. The molecule has 0 spiro atoms. The van der Waals surface area contributed by atoms with Crippen molar-refractivity contribution in [3.63, 3.8) is 0 Å². The number of alkyl halides is 2. The number of carbonyl (C=O) groups excluding carboxylic acids is 1. The monoisotopic (exact) mass is 439 g/mol. The lowest BCUT2D eigenvalue weighted by molar-refractivity contribution is -0.145. The Hall–Kier alpha value is -3.56. The summed E-state index contributed by atoms with van der Waals surface area (Å²) in [7, 11) is 1.30. The molecule has 0 aliphatic rings. The fourth-order valence-electron chi connectivity index (χ4n) is 2.68. The van der Waals surface area contributed by atoms with Gasteiger partial charge in [-0.15, -0.1) is 0 Å². The molecule has 0 aliphatic carbocycles. The summed E-state index contributed by atoms with van der Waals surface area (Å²) in [6, 6.07) is 7.23. The van der Waals surface area contributed by atoms with Crippen LogP contribution >= 0.6 is 0 Å². The number of hydrogen-bond donors (Lipinski definition) is 0. The number of aromatic nitrogens is 1. The molecule has 164 valence electrons. The van der Waals surface area contributed by atoms with E-state index in [-0.39, 0.29) is 48.2 Å². The van der Waals surface area contributed by atoms with E-state index in [2.05, 4.69) is 9.72 Å². The Morgan fingerprint density at radius 1 is 1.13 bits per heavy atom. The zero-order chi connectivity index (χ0) is 22.4. The summed E-state index contributed by atoms with van der Waals surface area (Å²) >= 11 is 0. The first-order valence-corrected chi connectivity index (χ1v) is 9.03. The molecule has 3 aromatic rings. The van der Waals surface area contributed by atoms with Crippen LogP contribution in [-0.4, -0.2) is 24.7 Å². The van der Waals surface area contributed by atoms with Crippen LogP contribution in [0.1, 0.15) is 17.9 Å². The van der Waals surface area contributed by atoms with Crippen LogP contribution in [0, 0.1) is 11.6 Å². The van der Waals surface area contributed by atoms with Crippen LogP contribution in [0.2, 0.25) is 0 Å². The van der Waals surface area contributed by atoms with E-state index in [1.807, 2.05) is 0 Å². The van der Waals surface area contributed by atoms with Crippen molar-refractivity contribution in [1.82, 2.24) is 4.98 Å². The van der Waals surface area contributed by atoms with Crippen LogP contribution in [0.25, 0.3) is 11.3 Å². The molecule has 0 radical (unpaired) electrons. The van der Waals surface area contributed by atoms with E-state index in [0.29, 0.717) is 5.56 Å². The number of oxazole rings is 1. The lowest BCUT2D eigenvalue weighted by atomic mass is 10.2. The van der Waals surface area contributed by atoms with Gasteiger partial charge in [-0.3, -0.25) is 4.79 Å². The third-order valence-electron chi connectivity index (χ3n) is 4.14. The summed E-state index contributed by atoms with van der Waals surface area (Å²) in [5.74, 6) is -1.82. The molecule has 3 rings (SSSR count). The predicted molar refractivity (Wildman–Crippen MR) is 99.6 cm³/mol. The van der Waals surface area contributed by atoms with Crippen molar-refractivity contribution in [2.75, 3.05) is 7.11 Å². The van der Waals surface area contributed by atoms with Gasteiger partial charge in [0, 0.05) is 12.5 Å². The van der Waals surface area contributed by atoms with Gasteiger partial charge in [-0.05, 0) is 29.8 Å². The molecular weight excluding hydrogens is 422 g/mol. The van der Waals surface area contributed by atoms with Crippen LogP contribution in [0.5, 0.6) is 11.5 Å². The fourth-order valence-corrected chi connectivity index (χ4v) is 2.68. The van der Waals surface area contributed by atoms with E-state index in [9.17, 15) is 22.4 Å². The van der Waals surface area contributed by atoms with Gasteiger partial charge in [-0.2, -0.15) is 8.78 Å². The van der Waals surface area contributed by atoms with Gasteiger partial charge < -0.3 is 18.6 Å². The SMILES string of the molecule is COc1cc(COC(=O)CCc2ncc(-c3ccc(F)cc3F)o2)ccc1OC(F)F. The first-order chi connectivity index (χ1) is 14.9. The van der Waals surface area contributed by atoms with Crippen molar-refractivity contribution in [2.24, 2.45) is 0 Å². The average molecular weight is 439 g/mol. The molecule has 0 aliphatic heterocycles. The van der Waals surface area contributed by atoms with Gasteiger partial charge in [0.25, 0.3) is 0 Å². The van der Waals surface area contributed by atoms with Crippen LogP contribution in [0.4, 0.5) is 17.6 Å². The quantitative estimate of drug-likeness (QED) is 0.349. The standard InChI is InChI=1S/C21H17F4NO5/c1-28-17-8-12(2-5-16(17)31-21(24)25)11-29-20(27)7-6-19-26-10-18(30-19)14-4-3-13(22)9-15(14)23/h2-5,8-10,21H,6-7,11H2,1H3. The highest BCUT2D eigenvalue weighted by atomic mass is 19.3. The highest BCUT2D eigenvalue weighted by Gasteiger charge is 2.15. The van der Waals surface area contributed by atoms with Crippen LogP contribution < -0.4 is 9.47 Å². The van der Waals surface area contributed by atoms with E-state index >= 15 is 0 Å². The highest BCUT2D eigenvalue weighted by Crippen LogP contribution is 2.30. The molecular formula is C21H17F4NO5. The molecule has 0 fully saturated rings. The summed E-state index contributed by atoms with van der Waals surface area (Å²) in [5, 5.41) is 0. The lowest BCUT2D eigenvalue weighted by Gasteiger charge is -2.11. The first-order valence-electron chi connectivity index (χ1n) is 9.03. The summed E-state index contributed by atoms with van der Waals surface area (Å²) in [6.45, 7) is -3.10. The minimum atomic E-state index is -2.99. The third kappa shape index (κ3) is 5.97. The molecule has 0 atom stereocenters.